The first-order chi connectivity index (χ1) is 2.81. The highest BCUT2D eigenvalue weighted by atomic mass is 16.5. The maximum absolute atomic E-state index is 9.77. The monoisotopic (exact) mass is 75.0 g/mol. The second kappa shape index (κ2) is 1.76. The van der Waals surface area contributed by atoms with Crippen LogP contribution in [-0.2, 0) is 9.53 Å². The van der Waals surface area contributed by atoms with E-state index in [1.165, 1.54) is 7.11 Å². The van der Waals surface area contributed by atoms with E-state index in [0.717, 1.165) is 0 Å². The van der Waals surface area contributed by atoms with Gasteiger partial charge < -0.3 is 4.74 Å². The maximum atomic E-state index is 9.77. The molecule has 0 atom stereocenters. The molecular formula is C3H6O2. The van der Waals surface area contributed by atoms with E-state index >= 15 is 0 Å². The van der Waals surface area contributed by atoms with Gasteiger partial charge in [0.05, 0.1) is 7.11 Å². The molecule has 0 saturated carbocycles. The number of ether oxygens (including phenoxy) is 1. The first kappa shape index (κ1) is 2.69. The van der Waals surface area contributed by atoms with Crippen molar-refractivity contribution in [3.63, 3.8) is 0 Å². The zero-order chi connectivity index (χ0) is 4.99. The third kappa shape index (κ3) is 3.47. The molecule has 2 nitrogen and oxygen atoms in total. The molecule has 0 aliphatic carbocycles. The Labute approximate surface area is 32.1 Å². The van der Waals surface area contributed by atoms with Crippen molar-refractivity contribution in [2.24, 2.45) is 0 Å². The van der Waals surface area contributed by atoms with Crippen LogP contribution in [0.15, 0.2) is 0 Å². The molecule has 0 aliphatic heterocycles. The van der Waals surface area contributed by atoms with Crippen LogP contribution in [-0.4, -0.2) is 13.1 Å². The number of rotatable bonds is 0. The maximum Gasteiger partial charge on any atom is 0.302 e. The Kier molecular flexibility index (Phi) is 0.947. The van der Waals surface area contributed by atoms with Crippen LogP contribution in [0.1, 0.15) is 8.27 Å². The average Bonchev–Trinajstić information content (AvgIpc) is 1.65. The average molecular weight is 75.1 g/mol. The molecule has 0 fully saturated rings. The number of methoxy groups -OCH3 is 1. The summed E-state index contributed by atoms with van der Waals surface area (Å²) in [6.45, 7) is -0.281. The van der Waals surface area contributed by atoms with Gasteiger partial charge in [0.15, 0.2) is 0 Å². The van der Waals surface area contributed by atoms with Gasteiger partial charge in [-0.05, 0) is 0 Å². The summed E-state index contributed by atoms with van der Waals surface area (Å²) in [4.78, 5) is 9.77. The highest BCUT2D eigenvalue weighted by Crippen LogP contribution is 1.60. The number of carbonyl (C=O) groups excluding carboxylic acids is 1. The van der Waals surface area contributed by atoms with Crippen molar-refractivity contribution in [3.05, 3.63) is 0 Å². The van der Waals surface area contributed by atoms with Gasteiger partial charge in [-0.1, -0.05) is 0 Å². The SMILES string of the molecule is [2H]CC(=O)OC. The van der Waals surface area contributed by atoms with Gasteiger partial charge in [0.25, 0.3) is 0 Å². The van der Waals surface area contributed by atoms with E-state index in [0.29, 0.717) is 0 Å². The molecule has 0 aliphatic rings. The minimum Gasteiger partial charge on any atom is -0.469 e. The molecule has 0 aromatic carbocycles. The van der Waals surface area contributed by atoms with E-state index in [4.69, 9.17) is 1.37 Å². The molecule has 0 bridgehead atoms. The van der Waals surface area contributed by atoms with Crippen molar-refractivity contribution < 1.29 is 10.9 Å². The van der Waals surface area contributed by atoms with Gasteiger partial charge in [0, 0.05) is 8.27 Å². The van der Waals surface area contributed by atoms with E-state index in [-0.39, 0.29) is 6.90 Å². The van der Waals surface area contributed by atoms with Crippen LogP contribution in [0.4, 0.5) is 0 Å². The van der Waals surface area contributed by atoms with Crippen molar-refractivity contribution in [2.75, 3.05) is 7.11 Å². The summed E-state index contributed by atoms with van der Waals surface area (Å²) in [6, 6.07) is 0. The summed E-state index contributed by atoms with van der Waals surface area (Å²) < 4.78 is 10.4. The van der Waals surface area contributed by atoms with Crippen LogP contribution in [0.5, 0.6) is 0 Å². The molecule has 5 heavy (non-hydrogen) atoms. The summed E-state index contributed by atoms with van der Waals surface area (Å²) >= 11 is 0. The molecule has 2 heteroatoms. The number of hydrogen-bond donors (Lipinski definition) is 0. The number of carbonyl (C=O) groups is 1. The summed E-state index contributed by atoms with van der Waals surface area (Å²) in [5.41, 5.74) is 0. The van der Waals surface area contributed by atoms with Crippen LogP contribution in [0.25, 0.3) is 0 Å². The van der Waals surface area contributed by atoms with Crippen molar-refractivity contribution >= 4 is 5.97 Å². The third-order valence-electron chi connectivity index (χ3n) is 0.228. The smallest absolute Gasteiger partial charge is 0.302 e. The van der Waals surface area contributed by atoms with E-state index in [1.807, 2.05) is 0 Å². The molecule has 0 aromatic rings. The highest BCUT2D eigenvalue weighted by molar-refractivity contribution is 5.65. The number of esters is 1. The lowest BCUT2D eigenvalue weighted by Crippen LogP contribution is -1.88. The van der Waals surface area contributed by atoms with Gasteiger partial charge in [-0.2, -0.15) is 0 Å². The lowest BCUT2D eigenvalue weighted by atomic mass is 10.8. The Morgan fingerprint density at radius 1 is 2.20 bits per heavy atom. The van der Waals surface area contributed by atoms with Gasteiger partial charge in [0.1, 0.15) is 0 Å². The number of hydrogen-bond acceptors (Lipinski definition) is 2. The van der Waals surface area contributed by atoms with Crippen molar-refractivity contribution in [1.82, 2.24) is 0 Å². The summed E-state index contributed by atoms with van der Waals surface area (Å²) in [5, 5.41) is 0. The lowest BCUT2D eigenvalue weighted by molar-refractivity contribution is -0.137. The van der Waals surface area contributed by atoms with E-state index in [2.05, 4.69) is 4.74 Å². The fraction of sp³-hybridized carbons (Fsp3) is 0.667. The van der Waals surface area contributed by atoms with Crippen molar-refractivity contribution in [2.45, 2.75) is 6.90 Å². The second-order valence-corrected chi connectivity index (χ2v) is 0.576. The predicted molar refractivity (Wildman–Crippen MR) is 17.7 cm³/mol. The fourth-order valence-corrected chi connectivity index (χ4v) is 0. The quantitative estimate of drug-likeness (QED) is 0.384. The molecule has 0 N–H and O–H groups in total. The first-order valence-electron chi connectivity index (χ1n) is 1.88. The summed E-state index contributed by atoms with van der Waals surface area (Å²) in [6.07, 6.45) is 0. The molecule has 0 aromatic heterocycles. The van der Waals surface area contributed by atoms with Crippen LogP contribution in [0.3, 0.4) is 0 Å². The first-order valence-corrected chi connectivity index (χ1v) is 1.17. The van der Waals surface area contributed by atoms with E-state index in [1.54, 1.807) is 0 Å². The largest absolute Gasteiger partial charge is 0.469 e. The van der Waals surface area contributed by atoms with E-state index in [9.17, 15) is 4.79 Å². The van der Waals surface area contributed by atoms with Crippen LogP contribution < -0.4 is 0 Å². The van der Waals surface area contributed by atoms with Crippen molar-refractivity contribution in [1.29, 1.82) is 0 Å². The Hall–Kier alpha value is -0.530. The lowest BCUT2D eigenvalue weighted by Gasteiger charge is -1.80. The molecule has 0 heterocycles. The zero-order valence-corrected chi connectivity index (χ0v) is 3.02. The minimum absolute atomic E-state index is 0.281. The van der Waals surface area contributed by atoms with Gasteiger partial charge in [-0.15, -0.1) is 0 Å². The molecule has 0 radical (unpaired) electrons. The van der Waals surface area contributed by atoms with Gasteiger partial charge >= 0.3 is 5.97 Å². The Morgan fingerprint density at radius 2 is 2.80 bits per heavy atom. The topological polar surface area (TPSA) is 26.3 Å². The predicted octanol–water partition coefficient (Wildman–Crippen LogP) is 0.179. The minimum atomic E-state index is -0.491. The molecule has 30 valence electrons. The Balaban J connectivity index is 2.99. The second-order valence-electron chi connectivity index (χ2n) is 0.576. The van der Waals surface area contributed by atoms with Crippen LogP contribution >= 0.6 is 0 Å². The van der Waals surface area contributed by atoms with Gasteiger partial charge in [-0.25, -0.2) is 0 Å². The van der Waals surface area contributed by atoms with Crippen molar-refractivity contribution in [3.8, 4) is 0 Å². The molecule has 0 unspecified atom stereocenters. The summed E-state index contributed by atoms with van der Waals surface area (Å²) in [7, 11) is 1.26. The molecule has 0 amide bonds. The highest BCUT2D eigenvalue weighted by Gasteiger charge is 1.75. The normalized spacial score (nSPS) is 9.40. The molecular weight excluding hydrogens is 68.0 g/mol. The molecule has 0 rings (SSSR count). The third-order valence-corrected chi connectivity index (χ3v) is 0.228. The molecule has 0 spiro atoms. The zero-order valence-electron chi connectivity index (χ0n) is 4.02. The fourth-order valence-electron chi connectivity index (χ4n) is 0. The standard InChI is InChI=1S/C3H6O2/c1-3(4)5-2/h1-2H3/i1D. The van der Waals surface area contributed by atoms with Crippen LogP contribution in [0, 0.1) is 0 Å². The van der Waals surface area contributed by atoms with Gasteiger partial charge in [0.2, 0.25) is 0 Å². The Bertz CT molecular complexity index is 46.8. The van der Waals surface area contributed by atoms with E-state index < -0.39 is 5.97 Å². The van der Waals surface area contributed by atoms with Gasteiger partial charge in [-0.3, -0.25) is 4.79 Å². The summed E-state index contributed by atoms with van der Waals surface area (Å²) in [5.74, 6) is -0.491. The Morgan fingerprint density at radius 3 is 2.80 bits per heavy atom. The van der Waals surface area contributed by atoms with Crippen LogP contribution in [0.2, 0.25) is 0 Å². The molecule has 0 saturated heterocycles.